The first-order valence-corrected chi connectivity index (χ1v) is 7.77. The van der Waals surface area contributed by atoms with Crippen molar-refractivity contribution in [1.29, 1.82) is 0 Å². The summed E-state index contributed by atoms with van der Waals surface area (Å²) in [5, 5.41) is 2.83. The van der Waals surface area contributed by atoms with E-state index in [1.807, 2.05) is 19.1 Å². The Morgan fingerprint density at radius 1 is 1.29 bits per heavy atom. The topological polar surface area (TPSA) is 55.4 Å². The zero-order chi connectivity index (χ0) is 17.3. The molecule has 0 aromatic heterocycles. The third-order valence-electron chi connectivity index (χ3n) is 4.32. The predicted octanol–water partition coefficient (Wildman–Crippen LogP) is 2.80. The SMILES string of the molecule is COC(=O)c1ccc(Cc2cc3c(cc2C)CCNC3=O)cc1F. The summed E-state index contributed by atoms with van der Waals surface area (Å²) < 4.78 is 18.6. The first kappa shape index (κ1) is 16.2. The maximum absolute atomic E-state index is 14.1. The highest BCUT2D eigenvalue weighted by atomic mass is 19.1. The van der Waals surface area contributed by atoms with Gasteiger partial charge >= 0.3 is 5.97 Å². The van der Waals surface area contributed by atoms with Gasteiger partial charge in [-0.1, -0.05) is 12.1 Å². The van der Waals surface area contributed by atoms with Gasteiger partial charge in [-0.3, -0.25) is 4.79 Å². The van der Waals surface area contributed by atoms with Crippen molar-refractivity contribution in [3.8, 4) is 0 Å². The van der Waals surface area contributed by atoms with Gasteiger partial charge in [0, 0.05) is 12.1 Å². The molecule has 1 aliphatic heterocycles. The van der Waals surface area contributed by atoms with Crippen molar-refractivity contribution in [3.05, 3.63) is 69.5 Å². The van der Waals surface area contributed by atoms with Crippen LogP contribution in [0.15, 0.2) is 30.3 Å². The maximum atomic E-state index is 14.1. The predicted molar refractivity (Wildman–Crippen MR) is 87.8 cm³/mol. The van der Waals surface area contributed by atoms with Crippen LogP contribution in [0.1, 0.15) is 43.0 Å². The Bertz CT molecular complexity index is 830. The van der Waals surface area contributed by atoms with Crippen LogP contribution in [0.3, 0.4) is 0 Å². The van der Waals surface area contributed by atoms with Gasteiger partial charge in [-0.05, 0) is 60.2 Å². The summed E-state index contributed by atoms with van der Waals surface area (Å²) in [5.41, 5.74) is 4.43. The summed E-state index contributed by atoms with van der Waals surface area (Å²) in [7, 11) is 1.22. The fraction of sp³-hybridized carbons (Fsp3) is 0.263. The molecule has 3 rings (SSSR count). The van der Waals surface area contributed by atoms with Crippen LogP contribution in [-0.4, -0.2) is 25.5 Å². The van der Waals surface area contributed by atoms with E-state index in [2.05, 4.69) is 10.1 Å². The molecule has 0 saturated heterocycles. The van der Waals surface area contributed by atoms with Gasteiger partial charge in [0.2, 0.25) is 0 Å². The first-order chi connectivity index (χ1) is 11.5. The van der Waals surface area contributed by atoms with E-state index in [1.165, 1.54) is 19.2 Å². The molecular formula is C19H18FNO3. The second kappa shape index (κ2) is 6.43. The zero-order valence-electron chi connectivity index (χ0n) is 13.6. The van der Waals surface area contributed by atoms with Crippen LogP contribution in [0.4, 0.5) is 4.39 Å². The minimum Gasteiger partial charge on any atom is -0.465 e. The molecule has 1 heterocycles. The molecule has 0 unspecified atom stereocenters. The van der Waals surface area contributed by atoms with Crippen LogP contribution in [0, 0.1) is 12.7 Å². The van der Waals surface area contributed by atoms with Gasteiger partial charge in [-0.2, -0.15) is 0 Å². The molecule has 5 heteroatoms. The van der Waals surface area contributed by atoms with Crippen molar-refractivity contribution in [2.24, 2.45) is 0 Å². The van der Waals surface area contributed by atoms with Gasteiger partial charge in [0.1, 0.15) is 5.82 Å². The number of aryl methyl sites for hydroxylation is 1. The monoisotopic (exact) mass is 327 g/mol. The minimum atomic E-state index is -0.694. The molecule has 124 valence electrons. The summed E-state index contributed by atoms with van der Waals surface area (Å²) in [5.74, 6) is -1.36. The van der Waals surface area contributed by atoms with Crippen molar-refractivity contribution in [1.82, 2.24) is 5.32 Å². The number of carbonyl (C=O) groups excluding carboxylic acids is 2. The zero-order valence-corrected chi connectivity index (χ0v) is 13.6. The fourth-order valence-electron chi connectivity index (χ4n) is 2.99. The van der Waals surface area contributed by atoms with E-state index >= 15 is 0 Å². The van der Waals surface area contributed by atoms with Crippen molar-refractivity contribution in [2.75, 3.05) is 13.7 Å². The molecule has 0 bridgehead atoms. The summed E-state index contributed by atoms with van der Waals surface area (Å²) >= 11 is 0. The smallest absolute Gasteiger partial charge is 0.340 e. The van der Waals surface area contributed by atoms with Crippen molar-refractivity contribution in [3.63, 3.8) is 0 Å². The summed E-state index contributed by atoms with van der Waals surface area (Å²) in [6.45, 7) is 2.64. The largest absolute Gasteiger partial charge is 0.465 e. The number of rotatable bonds is 3. The Kier molecular flexibility index (Phi) is 4.34. The summed E-state index contributed by atoms with van der Waals surface area (Å²) in [6, 6.07) is 8.38. The number of halogens is 1. The Morgan fingerprint density at radius 3 is 2.79 bits per heavy atom. The summed E-state index contributed by atoms with van der Waals surface area (Å²) in [4.78, 5) is 23.4. The summed E-state index contributed by atoms with van der Waals surface area (Å²) in [6.07, 6.45) is 1.31. The van der Waals surface area contributed by atoms with Crippen LogP contribution in [-0.2, 0) is 17.6 Å². The molecule has 0 spiro atoms. The molecule has 0 fully saturated rings. The lowest BCUT2D eigenvalue weighted by molar-refractivity contribution is 0.0595. The quantitative estimate of drug-likeness (QED) is 0.882. The van der Waals surface area contributed by atoms with Crippen LogP contribution >= 0.6 is 0 Å². The molecule has 2 aromatic rings. The van der Waals surface area contributed by atoms with E-state index in [4.69, 9.17) is 0 Å². The van der Waals surface area contributed by atoms with E-state index in [-0.39, 0.29) is 11.5 Å². The molecule has 0 atom stereocenters. The van der Waals surface area contributed by atoms with E-state index in [1.54, 1.807) is 6.07 Å². The fourth-order valence-corrected chi connectivity index (χ4v) is 2.99. The number of esters is 1. The molecule has 1 amide bonds. The average Bonchev–Trinajstić information content (AvgIpc) is 2.56. The number of carbonyl (C=O) groups is 2. The Labute approximate surface area is 139 Å². The van der Waals surface area contributed by atoms with Crippen molar-refractivity contribution >= 4 is 11.9 Å². The number of benzene rings is 2. The number of nitrogens with one attached hydrogen (secondary N) is 1. The molecular weight excluding hydrogens is 309 g/mol. The van der Waals surface area contributed by atoms with E-state index in [0.717, 1.165) is 28.7 Å². The highest BCUT2D eigenvalue weighted by molar-refractivity contribution is 5.97. The van der Waals surface area contributed by atoms with Gasteiger partial charge in [0.25, 0.3) is 5.91 Å². The number of amides is 1. The van der Waals surface area contributed by atoms with Crippen LogP contribution in [0.5, 0.6) is 0 Å². The van der Waals surface area contributed by atoms with E-state index < -0.39 is 11.8 Å². The molecule has 1 N–H and O–H groups in total. The highest BCUT2D eigenvalue weighted by Gasteiger charge is 2.19. The number of fused-ring (bicyclic) bond motifs is 1. The Balaban J connectivity index is 1.91. The van der Waals surface area contributed by atoms with Crippen LogP contribution in [0.2, 0.25) is 0 Å². The lowest BCUT2D eigenvalue weighted by Gasteiger charge is -2.19. The average molecular weight is 327 g/mol. The van der Waals surface area contributed by atoms with Gasteiger partial charge in [0.15, 0.2) is 0 Å². The standard InChI is InChI=1S/C19H18FNO3/c1-11-7-13-5-6-21-18(22)16(13)10-14(11)8-12-3-4-15(17(20)9-12)19(23)24-2/h3-4,7,9-10H,5-6,8H2,1-2H3,(H,21,22). The van der Waals surface area contributed by atoms with E-state index in [0.29, 0.717) is 18.5 Å². The molecule has 1 aliphatic rings. The van der Waals surface area contributed by atoms with Gasteiger partial charge < -0.3 is 10.1 Å². The number of methoxy groups -OCH3 is 1. The van der Waals surface area contributed by atoms with Crippen molar-refractivity contribution in [2.45, 2.75) is 19.8 Å². The van der Waals surface area contributed by atoms with Gasteiger partial charge in [0.05, 0.1) is 12.7 Å². The molecule has 0 radical (unpaired) electrons. The highest BCUT2D eigenvalue weighted by Crippen LogP contribution is 2.23. The second-order valence-corrected chi connectivity index (χ2v) is 5.92. The van der Waals surface area contributed by atoms with Crippen molar-refractivity contribution < 1.29 is 18.7 Å². The molecule has 0 saturated carbocycles. The molecule has 4 nitrogen and oxygen atoms in total. The Morgan fingerprint density at radius 2 is 2.08 bits per heavy atom. The Hall–Kier alpha value is -2.69. The lowest BCUT2D eigenvalue weighted by atomic mass is 9.91. The third kappa shape index (κ3) is 3.02. The number of hydrogen-bond acceptors (Lipinski definition) is 3. The lowest BCUT2D eigenvalue weighted by Crippen LogP contribution is -2.32. The van der Waals surface area contributed by atoms with Gasteiger partial charge in [-0.15, -0.1) is 0 Å². The van der Waals surface area contributed by atoms with Crippen LogP contribution in [0.25, 0.3) is 0 Å². The number of hydrogen-bond donors (Lipinski definition) is 1. The normalized spacial score (nSPS) is 13.2. The molecule has 0 aliphatic carbocycles. The molecule has 2 aromatic carbocycles. The number of ether oxygens (including phenoxy) is 1. The van der Waals surface area contributed by atoms with E-state index in [9.17, 15) is 14.0 Å². The first-order valence-electron chi connectivity index (χ1n) is 7.77. The molecule has 24 heavy (non-hydrogen) atoms. The minimum absolute atomic E-state index is 0.0651. The van der Waals surface area contributed by atoms with Crippen LogP contribution < -0.4 is 5.32 Å². The second-order valence-electron chi connectivity index (χ2n) is 5.92. The van der Waals surface area contributed by atoms with Gasteiger partial charge in [-0.25, -0.2) is 9.18 Å². The maximum Gasteiger partial charge on any atom is 0.340 e. The third-order valence-corrected chi connectivity index (χ3v) is 4.32.